The first-order valence-corrected chi connectivity index (χ1v) is 8.12. The van der Waals surface area contributed by atoms with E-state index in [1.807, 2.05) is 0 Å². The highest BCUT2D eigenvalue weighted by Crippen LogP contribution is 2.36. The maximum Gasteiger partial charge on any atom is 0.433 e. The van der Waals surface area contributed by atoms with E-state index in [1.54, 1.807) is 0 Å². The van der Waals surface area contributed by atoms with Crippen LogP contribution in [0.5, 0.6) is 0 Å². The molecule has 4 aromatic rings. The van der Waals surface area contributed by atoms with Crippen molar-refractivity contribution in [3.8, 4) is 16.4 Å². The summed E-state index contributed by atoms with van der Waals surface area (Å²) in [6.07, 6.45) is -4.67. The molecule has 26 heavy (non-hydrogen) atoms. The molecule has 0 aliphatic heterocycles. The monoisotopic (exact) mass is 381 g/mol. The van der Waals surface area contributed by atoms with Gasteiger partial charge in [0.25, 0.3) is 0 Å². The maximum absolute atomic E-state index is 13.4. The van der Waals surface area contributed by atoms with E-state index in [0.717, 1.165) is 29.5 Å². The summed E-state index contributed by atoms with van der Waals surface area (Å²) in [5, 5.41) is 3.96. The van der Waals surface area contributed by atoms with Crippen molar-refractivity contribution in [2.75, 3.05) is 0 Å². The Hall–Kier alpha value is -2.81. The predicted molar refractivity (Wildman–Crippen MR) is 87.1 cm³/mol. The summed E-state index contributed by atoms with van der Waals surface area (Å²) in [6.45, 7) is 0. The van der Waals surface area contributed by atoms with Crippen LogP contribution in [0.4, 0.5) is 22.0 Å². The second-order valence-electron chi connectivity index (χ2n) is 5.44. The van der Waals surface area contributed by atoms with Crippen molar-refractivity contribution in [2.45, 2.75) is 6.18 Å². The lowest BCUT2D eigenvalue weighted by molar-refractivity contribution is -0.142. The number of aromatic nitrogens is 3. The van der Waals surface area contributed by atoms with Crippen molar-refractivity contribution >= 4 is 21.6 Å². The van der Waals surface area contributed by atoms with E-state index >= 15 is 0 Å². The third-order valence-electron chi connectivity index (χ3n) is 3.66. The Kier molecular flexibility index (Phi) is 3.76. The van der Waals surface area contributed by atoms with E-state index in [9.17, 15) is 22.0 Å². The second kappa shape index (κ2) is 5.87. The van der Waals surface area contributed by atoms with Gasteiger partial charge < -0.3 is 0 Å². The molecule has 9 heteroatoms. The minimum absolute atomic E-state index is 0.0303. The highest BCUT2D eigenvalue weighted by Gasteiger charge is 2.37. The molecule has 0 unspecified atom stereocenters. The molecule has 2 aromatic carbocycles. The zero-order valence-corrected chi connectivity index (χ0v) is 13.6. The number of rotatable bonds is 2. The van der Waals surface area contributed by atoms with Crippen LogP contribution < -0.4 is 0 Å². The molecule has 0 amide bonds. The van der Waals surface area contributed by atoms with Crippen LogP contribution in [0.15, 0.2) is 48.5 Å². The number of fused-ring (bicyclic) bond motifs is 1. The standard InChI is InChI=1S/C17H8F5N3S/c18-10-3-1-9(2-4-10)13-8-15(17(20,21)22)25(24-13)16-23-12-6-5-11(19)7-14(12)26-16/h1-8H. The van der Waals surface area contributed by atoms with Gasteiger partial charge in [-0.1, -0.05) is 11.3 Å². The van der Waals surface area contributed by atoms with Crippen molar-refractivity contribution < 1.29 is 22.0 Å². The van der Waals surface area contributed by atoms with E-state index < -0.39 is 23.5 Å². The van der Waals surface area contributed by atoms with Gasteiger partial charge in [0.2, 0.25) is 5.13 Å². The van der Waals surface area contributed by atoms with Crippen LogP contribution in [0.2, 0.25) is 0 Å². The van der Waals surface area contributed by atoms with Crippen LogP contribution in [0.3, 0.4) is 0 Å². The third-order valence-corrected chi connectivity index (χ3v) is 4.65. The summed E-state index contributed by atoms with van der Waals surface area (Å²) in [6, 6.07) is 9.62. The fraction of sp³-hybridized carbons (Fsp3) is 0.0588. The molecule has 0 saturated carbocycles. The molecule has 4 rings (SSSR count). The number of halogens is 5. The molecule has 0 aliphatic carbocycles. The summed E-state index contributed by atoms with van der Waals surface area (Å²) in [5.41, 5.74) is -0.278. The van der Waals surface area contributed by atoms with Gasteiger partial charge in [0.1, 0.15) is 11.6 Å². The summed E-state index contributed by atoms with van der Waals surface area (Å²) in [7, 11) is 0. The van der Waals surface area contributed by atoms with E-state index in [1.165, 1.54) is 30.3 Å². The average molecular weight is 381 g/mol. The first-order valence-electron chi connectivity index (χ1n) is 7.31. The van der Waals surface area contributed by atoms with Gasteiger partial charge in [-0.25, -0.2) is 18.4 Å². The van der Waals surface area contributed by atoms with Crippen LogP contribution >= 0.6 is 11.3 Å². The van der Waals surface area contributed by atoms with Crippen LogP contribution in [0.1, 0.15) is 5.69 Å². The smallest absolute Gasteiger partial charge is 0.218 e. The quantitative estimate of drug-likeness (QED) is 0.433. The number of benzene rings is 2. The normalized spacial score (nSPS) is 12.0. The highest BCUT2D eigenvalue weighted by atomic mass is 32.1. The van der Waals surface area contributed by atoms with Gasteiger partial charge in [0, 0.05) is 5.56 Å². The molecule has 0 bridgehead atoms. The molecular formula is C17H8F5N3S. The van der Waals surface area contributed by atoms with Crippen molar-refractivity contribution in [3.05, 3.63) is 65.9 Å². The highest BCUT2D eigenvalue weighted by molar-refractivity contribution is 7.20. The van der Waals surface area contributed by atoms with Crippen LogP contribution in [0, 0.1) is 11.6 Å². The average Bonchev–Trinajstić information content (AvgIpc) is 3.18. The second-order valence-corrected chi connectivity index (χ2v) is 6.45. The van der Waals surface area contributed by atoms with E-state index in [2.05, 4.69) is 10.1 Å². The van der Waals surface area contributed by atoms with Crippen LogP contribution in [-0.2, 0) is 6.18 Å². The Labute approximate surface area is 147 Å². The van der Waals surface area contributed by atoms with Crippen LogP contribution in [-0.4, -0.2) is 14.8 Å². The maximum atomic E-state index is 13.4. The van der Waals surface area contributed by atoms with E-state index in [4.69, 9.17) is 0 Å². The number of hydrogen-bond donors (Lipinski definition) is 0. The number of nitrogens with zero attached hydrogens (tertiary/aromatic N) is 3. The zero-order chi connectivity index (χ0) is 18.5. The van der Waals surface area contributed by atoms with Crippen molar-refractivity contribution in [3.63, 3.8) is 0 Å². The van der Waals surface area contributed by atoms with Gasteiger partial charge in [-0.2, -0.15) is 18.3 Å². The molecule has 0 spiro atoms. The summed E-state index contributed by atoms with van der Waals surface area (Å²) < 4.78 is 67.8. The molecule has 0 fully saturated rings. The Morgan fingerprint density at radius 2 is 1.58 bits per heavy atom. The molecular weight excluding hydrogens is 373 g/mol. The predicted octanol–water partition coefficient (Wildman–Crippen LogP) is 5.45. The number of alkyl halides is 3. The largest absolute Gasteiger partial charge is 0.433 e. The lowest BCUT2D eigenvalue weighted by Crippen LogP contribution is -2.12. The first-order chi connectivity index (χ1) is 12.3. The molecule has 0 radical (unpaired) electrons. The van der Waals surface area contributed by atoms with E-state index in [0.29, 0.717) is 20.5 Å². The topological polar surface area (TPSA) is 30.7 Å². The molecule has 0 aliphatic rings. The fourth-order valence-corrected chi connectivity index (χ4v) is 3.42. The van der Waals surface area contributed by atoms with E-state index in [-0.39, 0.29) is 10.8 Å². The van der Waals surface area contributed by atoms with Crippen molar-refractivity contribution in [1.29, 1.82) is 0 Å². The molecule has 2 aromatic heterocycles. The molecule has 132 valence electrons. The summed E-state index contributed by atoms with van der Waals surface area (Å²) in [5.74, 6) is -1.01. The Bertz CT molecular complexity index is 1100. The molecule has 0 atom stereocenters. The van der Waals surface area contributed by atoms with Gasteiger partial charge in [-0.15, -0.1) is 0 Å². The van der Waals surface area contributed by atoms with Gasteiger partial charge >= 0.3 is 6.18 Å². The lowest BCUT2D eigenvalue weighted by Gasteiger charge is -2.06. The van der Waals surface area contributed by atoms with Gasteiger partial charge in [-0.3, -0.25) is 0 Å². The summed E-state index contributed by atoms with van der Waals surface area (Å²) >= 11 is 0.895. The Balaban J connectivity index is 1.89. The summed E-state index contributed by atoms with van der Waals surface area (Å²) in [4.78, 5) is 4.11. The zero-order valence-electron chi connectivity index (χ0n) is 12.8. The van der Waals surface area contributed by atoms with Crippen LogP contribution in [0.25, 0.3) is 26.6 Å². The molecule has 0 N–H and O–H groups in total. The Morgan fingerprint density at radius 3 is 2.27 bits per heavy atom. The SMILES string of the molecule is Fc1ccc(-c2cc(C(F)(F)F)n(-c3nc4ccc(F)cc4s3)n2)cc1. The Morgan fingerprint density at radius 1 is 0.885 bits per heavy atom. The van der Waals surface area contributed by atoms with Crippen molar-refractivity contribution in [1.82, 2.24) is 14.8 Å². The lowest BCUT2D eigenvalue weighted by atomic mass is 10.1. The van der Waals surface area contributed by atoms with Crippen molar-refractivity contribution in [2.24, 2.45) is 0 Å². The minimum atomic E-state index is -4.67. The molecule has 0 saturated heterocycles. The number of hydrogen-bond acceptors (Lipinski definition) is 3. The number of thiazole rings is 1. The van der Waals surface area contributed by atoms with Gasteiger partial charge in [0.05, 0.1) is 15.9 Å². The van der Waals surface area contributed by atoms with Gasteiger partial charge in [0.15, 0.2) is 5.69 Å². The fourth-order valence-electron chi connectivity index (χ4n) is 2.47. The van der Waals surface area contributed by atoms with Gasteiger partial charge in [-0.05, 0) is 48.5 Å². The third kappa shape index (κ3) is 2.94. The molecule has 2 heterocycles. The minimum Gasteiger partial charge on any atom is -0.218 e. The first kappa shape index (κ1) is 16.6. The molecule has 3 nitrogen and oxygen atoms in total.